The number of nitro benzene ring substituents is 1. The molecule has 0 unspecified atom stereocenters. The first kappa shape index (κ1) is 15.4. The highest BCUT2D eigenvalue weighted by atomic mass is 16.6. The zero-order valence-corrected chi connectivity index (χ0v) is 12.3. The number of aromatic nitrogens is 3. The van der Waals surface area contributed by atoms with Crippen LogP contribution in [-0.2, 0) is 0 Å². The van der Waals surface area contributed by atoms with E-state index in [4.69, 9.17) is 4.74 Å². The lowest BCUT2D eigenvalue weighted by Crippen LogP contribution is -2.04. The van der Waals surface area contributed by atoms with E-state index in [9.17, 15) is 15.2 Å². The van der Waals surface area contributed by atoms with Crippen molar-refractivity contribution in [3.05, 3.63) is 39.5 Å². The van der Waals surface area contributed by atoms with Crippen LogP contribution in [0.25, 0.3) is 0 Å². The van der Waals surface area contributed by atoms with Crippen LogP contribution in [0.1, 0.15) is 24.1 Å². The molecule has 9 nitrogen and oxygen atoms in total. The minimum atomic E-state index is -0.749. The van der Waals surface area contributed by atoms with Crippen LogP contribution in [0, 0.1) is 24.0 Å². The summed E-state index contributed by atoms with van der Waals surface area (Å²) in [4.78, 5) is 10.2. The Morgan fingerprint density at radius 2 is 2.00 bits per heavy atom. The van der Waals surface area contributed by atoms with E-state index in [0.717, 1.165) is 6.07 Å². The first-order valence-corrected chi connectivity index (χ1v) is 6.49. The number of hydrogen-bond donors (Lipinski definition) is 0. The van der Waals surface area contributed by atoms with Crippen molar-refractivity contribution in [2.45, 2.75) is 20.8 Å². The molecule has 2 rings (SSSR count). The molecule has 1 aromatic heterocycles. The van der Waals surface area contributed by atoms with Gasteiger partial charge in [0.15, 0.2) is 11.6 Å². The monoisotopic (exact) mass is 304 g/mol. The SMILES string of the molecule is CCOc1cc(/C=N\n2c(C)nnc2C)cc([N+](=O)[O-])c1[O-]. The van der Waals surface area contributed by atoms with Crippen LogP contribution >= 0.6 is 0 Å². The highest BCUT2D eigenvalue weighted by molar-refractivity contribution is 5.83. The Hall–Kier alpha value is -2.97. The fourth-order valence-electron chi connectivity index (χ4n) is 1.84. The summed E-state index contributed by atoms with van der Waals surface area (Å²) in [6.45, 7) is 5.38. The molecule has 0 amide bonds. The summed E-state index contributed by atoms with van der Waals surface area (Å²) >= 11 is 0. The molecule has 0 aliphatic heterocycles. The molecule has 0 aliphatic carbocycles. The van der Waals surface area contributed by atoms with Gasteiger partial charge in [-0.15, -0.1) is 10.2 Å². The van der Waals surface area contributed by atoms with Gasteiger partial charge in [-0.05, 0) is 26.8 Å². The fourth-order valence-corrected chi connectivity index (χ4v) is 1.84. The molecule has 0 spiro atoms. The molecule has 0 N–H and O–H groups in total. The zero-order chi connectivity index (χ0) is 16.3. The van der Waals surface area contributed by atoms with Crippen LogP contribution in [0.5, 0.6) is 11.5 Å². The van der Waals surface area contributed by atoms with Crippen LogP contribution < -0.4 is 9.84 Å². The molecule has 0 radical (unpaired) electrons. The molecule has 116 valence electrons. The van der Waals surface area contributed by atoms with E-state index in [2.05, 4.69) is 15.3 Å². The third-order valence-electron chi connectivity index (χ3n) is 2.83. The van der Waals surface area contributed by atoms with Gasteiger partial charge in [0.05, 0.1) is 17.7 Å². The molecule has 0 atom stereocenters. The van der Waals surface area contributed by atoms with Crippen LogP contribution in [0.15, 0.2) is 17.2 Å². The van der Waals surface area contributed by atoms with Crippen LogP contribution in [0.4, 0.5) is 5.69 Å². The summed E-state index contributed by atoms with van der Waals surface area (Å²) in [7, 11) is 0. The van der Waals surface area contributed by atoms with E-state index in [1.807, 2.05) is 0 Å². The number of benzene rings is 1. The second-order valence-electron chi connectivity index (χ2n) is 4.41. The average molecular weight is 304 g/mol. The van der Waals surface area contributed by atoms with Crippen molar-refractivity contribution >= 4 is 11.9 Å². The van der Waals surface area contributed by atoms with Gasteiger partial charge in [-0.3, -0.25) is 10.1 Å². The van der Waals surface area contributed by atoms with Crippen molar-refractivity contribution in [3.8, 4) is 11.5 Å². The standard InChI is InChI=1S/C13H15N5O4/c1-4-22-12-6-10(5-11(13(12)19)18(20)21)7-14-17-8(2)15-16-9(17)3/h5-7,19H,4H2,1-3H3/p-1/b14-7-. The highest BCUT2D eigenvalue weighted by Gasteiger charge is 2.13. The third kappa shape index (κ3) is 3.03. The Morgan fingerprint density at radius 3 is 2.55 bits per heavy atom. The maximum Gasteiger partial charge on any atom is 0.266 e. The first-order chi connectivity index (χ1) is 10.4. The quantitative estimate of drug-likeness (QED) is 0.464. The minimum Gasteiger partial charge on any atom is -0.865 e. The summed E-state index contributed by atoms with van der Waals surface area (Å²) in [5.41, 5.74) is -0.174. The van der Waals surface area contributed by atoms with Gasteiger partial charge in [-0.2, -0.15) is 5.10 Å². The van der Waals surface area contributed by atoms with Crippen molar-refractivity contribution < 1.29 is 14.8 Å². The molecule has 2 aromatic rings. The Balaban J connectivity index is 2.45. The number of nitrogens with zero attached hydrogens (tertiary/aromatic N) is 5. The maximum atomic E-state index is 11.9. The van der Waals surface area contributed by atoms with E-state index < -0.39 is 16.4 Å². The molecular formula is C13H14N5O4-. The lowest BCUT2D eigenvalue weighted by molar-refractivity contribution is -0.398. The van der Waals surface area contributed by atoms with Crippen LogP contribution in [0.2, 0.25) is 0 Å². The van der Waals surface area contributed by atoms with Gasteiger partial charge in [0, 0.05) is 17.4 Å². The summed E-state index contributed by atoms with van der Waals surface area (Å²) in [5.74, 6) is 0.332. The molecule has 0 saturated carbocycles. The molecule has 0 aliphatic rings. The van der Waals surface area contributed by atoms with E-state index in [1.165, 1.54) is 17.0 Å². The van der Waals surface area contributed by atoms with Crippen LogP contribution in [0.3, 0.4) is 0 Å². The predicted molar refractivity (Wildman–Crippen MR) is 76.2 cm³/mol. The summed E-state index contributed by atoms with van der Waals surface area (Å²) < 4.78 is 6.63. The number of rotatable bonds is 5. The Kier molecular flexibility index (Phi) is 4.35. The van der Waals surface area contributed by atoms with Crippen molar-refractivity contribution in [1.82, 2.24) is 14.9 Å². The Labute approximate surface area is 126 Å². The topological polar surface area (TPSA) is 118 Å². The molecular weight excluding hydrogens is 290 g/mol. The zero-order valence-electron chi connectivity index (χ0n) is 12.3. The number of aryl methyl sites for hydroxylation is 2. The predicted octanol–water partition coefficient (Wildman–Crippen LogP) is 1.16. The second kappa shape index (κ2) is 6.20. The first-order valence-electron chi connectivity index (χ1n) is 6.49. The highest BCUT2D eigenvalue weighted by Crippen LogP contribution is 2.34. The van der Waals surface area contributed by atoms with Crippen molar-refractivity contribution in [2.75, 3.05) is 6.61 Å². The molecule has 22 heavy (non-hydrogen) atoms. The van der Waals surface area contributed by atoms with E-state index >= 15 is 0 Å². The second-order valence-corrected chi connectivity index (χ2v) is 4.41. The molecule has 1 aromatic carbocycles. The van der Waals surface area contributed by atoms with E-state index in [-0.39, 0.29) is 12.4 Å². The molecule has 9 heteroatoms. The van der Waals surface area contributed by atoms with Gasteiger partial charge < -0.3 is 9.84 Å². The normalized spacial score (nSPS) is 11.0. The summed E-state index contributed by atoms with van der Waals surface area (Å²) in [6.07, 6.45) is 1.39. The smallest absolute Gasteiger partial charge is 0.266 e. The summed E-state index contributed by atoms with van der Waals surface area (Å²) in [5, 5.41) is 34.7. The van der Waals surface area contributed by atoms with Crippen molar-refractivity contribution in [3.63, 3.8) is 0 Å². The van der Waals surface area contributed by atoms with Gasteiger partial charge >= 0.3 is 0 Å². The Bertz CT molecular complexity index is 719. The molecule has 0 fully saturated rings. The Morgan fingerprint density at radius 1 is 1.36 bits per heavy atom. The van der Waals surface area contributed by atoms with Gasteiger partial charge in [-0.25, -0.2) is 4.68 Å². The largest absolute Gasteiger partial charge is 0.865 e. The fraction of sp³-hybridized carbons (Fsp3) is 0.308. The maximum absolute atomic E-state index is 11.9. The van der Waals surface area contributed by atoms with Crippen molar-refractivity contribution in [2.24, 2.45) is 5.10 Å². The van der Waals surface area contributed by atoms with Gasteiger partial charge in [0.25, 0.3) is 5.69 Å². The number of hydrogen-bond acceptors (Lipinski definition) is 7. The van der Waals surface area contributed by atoms with E-state index in [0.29, 0.717) is 17.2 Å². The van der Waals surface area contributed by atoms with Crippen LogP contribution in [-0.4, -0.2) is 32.6 Å². The molecule has 0 bridgehead atoms. The summed E-state index contributed by atoms with van der Waals surface area (Å²) in [6, 6.07) is 2.57. The minimum absolute atomic E-state index is 0.0738. The molecule has 1 heterocycles. The van der Waals surface area contributed by atoms with E-state index in [1.54, 1.807) is 20.8 Å². The third-order valence-corrected chi connectivity index (χ3v) is 2.83. The van der Waals surface area contributed by atoms with Gasteiger partial charge in [0.1, 0.15) is 5.75 Å². The number of ether oxygens (including phenoxy) is 1. The van der Waals surface area contributed by atoms with Gasteiger partial charge in [-0.1, -0.05) is 0 Å². The lowest BCUT2D eigenvalue weighted by Gasteiger charge is -2.14. The van der Waals surface area contributed by atoms with Crippen molar-refractivity contribution in [1.29, 1.82) is 0 Å². The average Bonchev–Trinajstić information content (AvgIpc) is 2.78. The lowest BCUT2D eigenvalue weighted by atomic mass is 10.2. The van der Waals surface area contributed by atoms with Gasteiger partial charge in [0.2, 0.25) is 0 Å². The number of nitro groups is 1. The molecule has 0 saturated heterocycles.